The van der Waals surface area contributed by atoms with Crippen LogP contribution >= 0.6 is 11.3 Å². The molecule has 0 spiro atoms. The first-order valence-electron chi connectivity index (χ1n) is 7.99. The molecule has 1 N–H and O–H groups in total. The lowest BCUT2D eigenvalue weighted by atomic mass is 9.98. The Labute approximate surface area is 156 Å². The van der Waals surface area contributed by atoms with Crippen LogP contribution in [0.1, 0.15) is 24.1 Å². The summed E-state index contributed by atoms with van der Waals surface area (Å²) in [5.41, 5.74) is 2.87. The number of rotatable bonds is 4. The van der Waals surface area contributed by atoms with Crippen LogP contribution in [-0.2, 0) is 10.8 Å². The van der Waals surface area contributed by atoms with Gasteiger partial charge in [-0.25, -0.2) is 9.67 Å². The van der Waals surface area contributed by atoms with Crippen LogP contribution in [0.2, 0.25) is 0 Å². The van der Waals surface area contributed by atoms with Crippen LogP contribution in [0.4, 0.5) is 0 Å². The molecule has 2 atom stereocenters. The van der Waals surface area contributed by atoms with Crippen molar-refractivity contribution in [3.63, 3.8) is 0 Å². The number of pyridine rings is 1. The second-order valence-corrected chi connectivity index (χ2v) is 8.38. The van der Waals surface area contributed by atoms with E-state index in [1.807, 2.05) is 36.5 Å². The maximum absolute atomic E-state index is 11.5. The minimum Gasteiger partial charge on any atom is -0.312 e. The van der Waals surface area contributed by atoms with E-state index in [0.29, 0.717) is 10.7 Å². The lowest BCUT2D eigenvalue weighted by molar-refractivity contribution is 0.686. The Balaban J connectivity index is 1.63. The number of nitrogens with one attached hydrogen (secondary N) is 1. The van der Waals surface area contributed by atoms with Crippen molar-refractivity contribution >= 4 is 32.4 Å². The molecule has 0 aliphatic rings. The predicted octanol–water partition coefficient (Wildman–Crippen LogP) is 3.06. The highest BCUT2D eigenvalue weighted by molar-refractivity contribution is 7.84. The van der Waals surface area contributed by atoms with Gasteiger partial charge in [0, 0.05) is 24.6 Å². The molecular weight excluding hydrogens is 368 g/mol. The summed E-state index contributed by atoms with van der Waals surface area (Å²) >= 11 is 1.21. The highest BCUT2D eigenvalue weighted by Crippen LogP contribution is 2.26. The van der Waals surface area contributed by atoms with Crippen LogP contribution in [0.25, 0.3) is 16.0 Å². The molecule has 2 unspecified atom stereocenters. The summed E-state index contributed by atoms with van der Waals surface area (Å²) < 4.78 is 14.1. The number of hydrogen-bond acceptors (Lipinski definition) is 5. The molecule has 8 heteroatoms. The highest BCUT2D eigenvalue weighted by Gasteiger charge is 2.14. The smallest absolute Gasteiger partial charge is 0.305 e. The van der Waals surface area contributed by atoms with Crippen molar-refractivity contribution in [3.05, 3.63) is 69.7 Å². The molecule has 0 saturated heterocycles. The van der Waals surface area contributed by atoms with Crippen molar-refractivity contribution in [1.82, 2.24) is 19.7 Å². The summed E-state index contributed by atoms with van der Waals surface area (Å²) in [5.74, 6) is 0.761. The van der Waals surface area contributed by atoms with Crippen LogP contribution in [0.3, 0.4) is 0 Å². The minimum atomic E-state index is -1.05. The van der Waals surface area contributed by atoms with E-state index in [-0.39, 0.29) is 10.8 Å². The fourth-order valence-corrected chi connectivity index (χ4v) is 4.02. The number of H-pyrrole nitrogens is 1. The number of hydrogen-bond donors (Lipinski definition) is 1. The van der Waals surface area contributed by atoms with Crippen molar-refractivity contribution in [2.24, 2.45) is 0 Å². The van der Waals surface area contributed by atoms with Crippen LogP contribution in [0.15, 0.2) is 58.5 Å². The fourth-order valence-electron chi connectivity index (χ4n) is 2.78. The van der Waals surface area contributed by atoms with Gasteiger partial charge >= 0.3 is 4.87 Å². The van der Waals surface area contributed by atoms with E-state index in [2.05, 4.69) is 22.0 Å². The lowest BCUT2D eigenvalue weighted by Crippen LogP contribution is -2.02. The molecule has 4 aromatic rings. The maximum Gasteiger partial charge on any atom is 0.305 e. The summed E-state index contributed by atoms with van der Waals surface area (Å²) in [7, 11) is -1.05. The topological polar surface area (TPSA) is 80.6 Å². The molecule has 0 fully saturated rings. The first-order chi connectivity index (χ1) is 12.5. The third-order valence-corrected chi connectivity index (χ3v) is 6.04. The van der Waals surface area contributed by atoms with Gasteiger partial charge in [-0.2, -0.15) is 5.10 Å². The Hall–Kier alpha value is -2.58. The summed E-state index contributed by atoms with van der Waals surface area (Å²) in [6.45, 7) is 2.08. The predicted molar refractivity (Wildman–Crippen MR) is 104 cm³/mol. The molecule has 6 nitrogen and oxygen atoms in total. The van der Waals surface area contributed by atoms with Gasteiger partial charge in [-0.1, -0.05) is 24.3 Å². The van der Waals surface area contributed by atoms with Gasteiger partial charge in [-0.3, -0.25) is 9.00 Å². The molecule has 1 aromatic carbocycles. The average Bonchev–Trinajstić information content (AvgIpc) is 3.26. The number of aromatic amines is 1. The zero-order valence-corrected chi connectivity index (χ0v) is 15.8. The van der Waals surface area contributed by atoms with Crippen molar-refractivity contribution in [2.75, 3.05) is 6.26 Å². The molecule has 4 rings (SSSR count). The van der Waals surface area contributed by atoms with Gasteiger partial charge in [-0.05, 0) is 35.9 Å². The van der Waals surface area contributed by atoms with Crippen LogP contribution in [0.5, 0.6) is 0 Å². The van der Waals surface area contributed by atoms with E-state index in [0.717, 1.165) is 21.5 Å². The number of aromatic nitrogens is 4. The van der Waals surface area contributed by atoms with Gasteiger partial charge in [0.25, 0.3) is 0 Å². The Bertz CT molecular complexity index is 1160. The molecule has 132 valence electrons. The highest BCUT2D eigenvalue weighted by atomic mass is 32.2. The zero-order chi connectivity index (χ0) is 18.3. The second kappa shape index (κ2) is 6.62. The van der Waals surface area contributed by atoms with Gasteiger partial charge in [0.1, 0.15) is 0 Å². The van der Waals surface area contributed by atoms with Crippen molar-refractivity contribution in [1.29, 1.82) is 0 Å². The van der Waals surface area contributed by atoms with Crippen LogP contribution < -0.4 is 4.87 Å². The summed E-state index contributed by atoms with van der Waals surface area (Å²) in [4.78, 5) is 19.3. The van der Waals surface area contributed by atoms with E-state index in [1.54, 1.807) is 23.2 Å². The molecule has 0 aliphatic heterocycles. The number of fused-ring (bicyclic) bond motifs is 1. The maximum atomic E-state index is 11.5. The zero-order valence-electron chi connectivity index (χ0n) is 14.2. The average molecular weight is 384 g/mol. The van der Waals surface area contributed by atoms with Crippen molar-refractivity contribution in [3.8, 4) is 5.82 Å². The molecular formula is C18H16N4O2S2. The molecule has 0 aliphatic carbocycles. The summed E-state index contributed by atoms with van der Waals surface area (Å²) in [6, 6.07) is 11.5. The van der Waals surface area contributed by atoms with Crippen LogP contribution in [-0.4, -0.2) is 30.2 Å². The lowest BCUT2D eigenvalue weighted by Gasteiger charge is -2.09. The quantitative estimate of drug-likeness (QED) is 0.586. The standard InChI is InChI=1S/C18H16N4O2S2/c1-11(12-3-5-15-16(9-12)25-18(23)20-15)14-7-8-22(21-14)17-6-4-13(10-19-17)26(2)24/h3-11H,1-2H3,(H,20,23). The Morgan fingerprint density at radius 3 is 2.81 bits per heavy atom. The summed E-state index contributed by atoms with van der Waals surface area (Å²) in [5, 5.41) is 4.63. The van der Waals surface area contributed by atoms with Gasteiger partial charge in [-0.15, -0.1) is 0 Å². The number of thiazole rings is 1. The van der Waals surface area contributed by atoms with Crippen LogP contribution in [0, 0.1) is 0 Å². The van der Waals surface area contributed by atoms with E-state index in [9.17, 15) is 9.00 Å². The van der Waals surface area contributed by atoms with E-state index < -0.39 is 10.8 Å². The Kier molecular flexibility index (Phi) is 4.29. The molecule has 0 bridgehead atoms. The number of nitrogens with zero attached hydrogens (tertiary/aromatic N) is 3. The van der Waals surface area contributed by atoms with E-state index in [4.69, 9.17) is 0 Å². The van der Waals surface area contributed by atoms with E-state index >= 15 is 0 Å². The Morgan fingerprint density at radius 2 is 2.08 bits per heavy atom. The van der Waals surface area contributed by atoms with E-state index in [1.165, 1.54) is 11.3 Å². The van der Waals surface area contributed by atoms with Gasteiger partial charge in [0.2, 0.25) is 0 Å². The molecule has 3 aromatic heterocycles. The normalized spacial score (nSPS) is 13.8. The van der Waals surface area contributed by atoms with Gasteiger partial charge in [0.15, 0.2) is 5.82 Å². The molecule has 3 heterocycles. The largest absolute Gasteiger partial charge is 0.312 e. The fraction of sp³-hybridized carbons (Fsp3) is 0.167. The third kappa shape index (κ3) is 3.13. The van der Waals surface area contributed by atoms with Gasteiger partial charge in [0.05, 0.1) is 31.6 Å². The first kappa shape index (κ1) is 16.9. The van der Waals surface area contributed by atoms with Crippen molar-refractivity contribution in [2.45, 2.75) is 17.7 Å². The first-order valence-corrected chi connectivity index (χ1v) is 10.4. The SMILES string of the molecule is CC(c1ccc2[nH]c(=O)sc2c1)c1ccn(-c2ccc(S(C)=O)cn2)n1. The van der Waals surface area contributed by atoms with Crippen molar-refractivity contribution < 1.29 is 4.21 Å². The Morgan fingerprint density at radius 1 is 1.23 bits per heavy atom. The van der Waals surface area contributed by atoms with Gasteiger partial charge < -0.3 is 4.98 Å². The summed E-state index contributed by atoms with van der Waals surface area (Å²) in [6.07, 6.45) is 5.10. The number of benzene rings is 1. The minimum absolute atomic E-state index is 0.0448. The third-order valence-electron chi connectivity index (χ3n) is 4.29. The molecule has 26 heavy (non-hydrogen) atoms. The molecule has 0 saturated carbocycles. The molecule has 0 radical (unpaired) electrons. The second-order valence-electron chi connectivity index (χ2n) is 5.98. The molecule has 0 amide bonds. The monoisotopic (exact) mass is 384 g/mol.